The SMILES string of the molecule is CNC(=O)CN(C)Cc1ccc2c(c1)OCO2. The summed E-state index contributed by atoms with van der Waals surface area (Å²) in [4.78, 5) is 13.1. The zero-order chi connectivity index (χ0) is 12.3. The van der Waals surface area contributed by atoms with Gasteiger partial charge in [-0.2, -0.15) is 0 Å². The summed E-state index contributed by atoms with van der Waals surface area (Å²) in [6.45, 7) is 1.36. The van der Waals surface area contributed by atoms with Gasteiger partial charge in [-0.3, -0.25) is 9.69 Å². The van der Waals surface area contributed by atoms with Crippen LogP contribution in [-0.4, -0.2) is 38.2 Å². The van der Waals surface area contributed by atoms with E-state index in [-0.39, 0.29) is 12.7 Å². The second-order valence-corrected chi connectivity index (χ2v) is 4.03. The molecule has 0 aliphatic carbocycles. The molecule has 0 bridgehead atoms. The number of carbonyl (C=O) groups excluding carboxylic acids is 1. The zero-order valence-corrected chi connectivity index (χ0v) is 10.0. The fourth-order valence-corrected chi connectivity index (χ4v) is 1.73. The number of hydrogen-bond acceptors (Lipinski definition) is 4. The molecule has 2 rings (SSSR count). The normalized spacial score (nSPS) is 12.9. The summed E-state index contributed by atoms with van der Waals surface area (Å²) in [5.41, 5.74) is 1.10. The highest BCUT2D eigenvalue weighted by atomic mass is 16.7. The number of hydrogen-bond donors (Lipinski definition) is 1. The van der Waals surface area contributed by atoms with Crippen molar-refractivity contribution < 1.29 is 14.3 Å². The molecule has 1 aromatic carbocycles. The summed E-state index contributed by atoms with van der Waals surface area (Å²) >= 11 is 0. The topological polar surface area (TPSA) is 50.8 Å². The molecule has 0 unspecified atom stereocenters. The summed E-state index contributed by atoms with van der Waals surface area (Å²) < 4.78 is 10.5. The van der Waals surface area contributed by atoms with Gasteiger partial charge in [0.25, 0.3) is 0 Å². The average molecular weight is 236 g/mol. The molecule has 0 atom stereocenters. The monoisotopic (exact) mass is 236 g/mol. The Morgan fingerprint density at radius 2 is 2.18 bits per heavy atom. The fourth-order valence-electron chi connectivity index (χ4n) is 1.73. The third kappa shape index (κ3) is 2.88. The molecule has 1 aliphatic heterocycles. The van der Waals surface area contributed by atoms with Crippen LogP contribution in [0.15, 0.2) is 18.2 Å². The first-order valence-corrected chi connectivity index (χ1v) is 5.46. The molecule has 1 aromatic rings. The first kappa shape index (κ1) is 11.7. The smallest absolute Gasteiger partial charge is 0.233 e. The maximum atomic E-state index is 11.2. The highest BCUT2D eigenvalue weighted by Gasteiger charge is 2.14. The van der Waals surface area contributed by atoms with Crippen LogP contribution in [-0.2, 0) is 11.3 Å². The van der Waals surface area contributed by atoms with Crippen LogP contribution in [0.25, 0.3) is 0 Å². The molecule has 1 aliphatic rings. The molecule has 1 N–H and O–H groups in total. The second-order valence-electron chi connectivity index (χ2n) is 4.03. The van der Waals surface area contributed by atoms with Crippen molar-refractivity contribution in [3.8, 4) is 11.5 Å². The molecule has 0 aromatic heterocycles. The predicted molar refractivity (Wildman–Crippen MR) is 63.0 cm³/mol. The van der Waals surface area contributed by atoms with Crippen LogP contribution in [0.1, 0.15) is 5.56 Å². The van der Waals surface area contributed by atoms with Gasteiger partial charge >= 0.3 is 0 Å². The largest absolute Gasteiger partial charge is 0.454 e. The van der Waals surface area contributed by atoms with Gasteiger partial charge in [-0.1, -0.05) is 6.07 Å². The molecule has 92 valence electrons. The van der Waals surface area contributed by atoms with Gasteiger partial charge in [0.1, 0.15) is 0 Å². The number of nitrogens with zero attached hydrogens (tertiary/aromatic N) is 1. The van der Waals surface area contributed by atoms with E-state index < -0.39 is 0 Å². The van der Waals surface area contributed by atoms with Gasteiger partial charge < -0.3 is 14.8 Å². The van der Waals surface area contributed by atoms with Gasteiger partial charge in [0, 0.05) is 13.6 Å². The van der Waals surface area contributed by atoms with Crippen LogP contribution in [0.5, 0.6) is 11.5 Å². The molecule has 0 saturated heterocycles. The first-order valence-electron chi connectivity index (χ1n) is 5.46. The van der Waals surface area contributed by atoms with E-state index in [4.69, 9.17) is 9.47 Å². The van der Waals surface area contributed by atoms with Crippen molar-refractivity contribution in [1.29, 1.82) is 0 Å². The lowest BCUT2D eigenvalue weighted by Gasteiger charge is -2.15. The highest BCUT2D eigenvalue weighted by molar-refractivity contribution is 5.77. The van der Waals surface area contributed by atoms with Crippen molar-refractivity contribution in [1.82, 2.24) is 10.2 Å². The number of ether oxygens (including phenoxy) is 2. The average Bonchev–Trinajstić information content (AvgIpc) is 2.75. The summed E-state index contributed by atoms with van der Waals surface area (Å²) in [5.74, 6) is 1.56. The van der Waals surface area contributed by atoms with Crippen molar-refractivity contribution in [2.75, 3.05) is 27.4 Å². The molecule has 0 radical (unpaired) electrons. The second kappa shape index (κ2) is 5.05. The van der Waals surface area contributed by atoms with E-state index in [9.17, 15) is 4.79 Å². The van der Waals surface area contributed by atoms with Gasteiger partial charge in [0.2, 0.25) is 12.7 Å². The minimum absolute atomic E-state index is 0.00763. The van der Waals surface area contributed by atoms with E-state index in [2.05, 4.69) is 5.32 Å². The third-order valence-corrected chi connectivity index (χ3v) is 2.58. The summed E-state index contributed by atoms with van der Waals surface area (Å²) in [5, 5.41) is 2.60. The van der Waals surface area contributed by atoms with Crippen LogP contribution in [0.3, 0.4) is 0 Å². The van der Waals surface area contributed by atoms with Crippen molar-refractivity contribution in [2.24, 2.45) is 0 Å². The molecule has 0 fully saturated rings. The van der Waals surface area contributed by atoms with Crippen LogP contribution < -0.4 is 14.8 Å². The van der Waals surface area contributed by atoms with Crippen LogP contribution in [0, 0.1) is 0 Å². The molecule has 1 heterocycles. The first-order chi connectivity index (χ1) is 8.19. The number of nitrogens with one attached hydrogen (secondary N) is 1. The van der Waals surface area contributed by atoms with E-state index in [1.165, 1.54) is 0 Å². The molecule has 5 nitrogen and oxygen atoms in total. The van der Waals surface area contributed by atoms with Gasteiger partial charge in [0.05, 0.1) is 6.54 Å². The Kier molecular flexibility index (Phi) is 3.49. The highest BCUT2D eigenvalue weighted by Crippen LogP contribution is 2.32. The minimum atomic E-state index is 0.00763. The lowest BCUT2D eigenvalue weighted by Crippen LogP contribution is -2.32. The summed E-state index contributed by atoms with van der Waals surface area (Å²) in [6, 6.07) is 5.82. The van der Waals surface area contributed by atoms with Gasteiger partial charge in [-0.15, -0.1) is 0 Å². The van der Waals surface area contributed by atoms with Crippen molar-refractivity contribution in [3.63, 3.8) is 0 Å². The molecule has 17 heavy (non-hydrogen) atoms. The molecule has 0 spiro atoms. The minimum Gasteiger partial charge on any atom is -0.454 e. The summed E-state index contributed by atoms with van der Waals surface area (Å²) in [6.07, 6.45) is 0. The number of likely N-dealkylation sites (N-methyl/N-ethyl adjacent to an activating group) is 2. The van der Waals surface area contributed by atoms with E-state index in [0.29, 0.717) is 13.1 Å². The Morgan fingerprint density at radius 3 is 2.94 bits per heavy atom. The molecule has 5 heteroatoms. The van der Waals surface area contributed by atoms with Gasteiger partial charge in [-0.25, -0.2) is 0 Å². The van der Waals surface area contributed by atoms with Crippen LogP contribution >= 0.6 is 0 Å². The quantitative estimate of drug-likeness (QED) is 0.831. The van der Waals surface area contributed by atoms with E-state index in [0.717, 1.165) is 17.1 Å². The fraction of sp³-hybridized carbons (Fsp3) is 0.417. The summed E-state index contributed by atoms with van der Waals surface area (Å²) in [7, 11) is 3.54. The Morgan fingerprint density at radius 1 is 1.41 bits per heavy atom. The van der Waals surface area contributed by atoms with Crippen molar-refractivity contribution >= 4 is 5.91 Å². The number of fused-ring (bicyclic) bond motifs is 1. The Hall–Kier alpha value is -1.75. The zero-order valence-electron chi connectivity index (χ0n) is 10.0. The molecule has 1 amide bonds. The van der Waals surface area contributed by atoms with E-state index in [1.54, 1.807) is 7.05 Å². The Balaban J connectivity index is 1.97. The van der Waals surface area contributed by atoms with Gasteiger partial charge in [-0.05, 0) is 24.7 Å². The van der Waals surface area contributed by atoms with E-state index >= 15 is 0 Å². The van der Waals surface area contributed by atoms with Gasteiger partial charge in [0.15, 0.2) is 11.5 Å². The van der Waals surface area contributed by atoms with E-state index in [1.807, 2.05) is 30.1 Å². The number of amides is 1. The lowest BCUT2D eigenvalue weighted by atomic mass is 10.2. The molecular formula is C12H16N2O3. The lowest BCUT2D eigenvalue weighted by molar-refractivity contribution is -0.121. The number of benzene rings is 1. The Labute approximate surface area is 100 Å². The van der Waals surface area contributed by atoms with Crippen molar-refractivity contribution in [3.05, 3.63) is 23.8 Å². The number of carbonyl (C=O) groups is 1. The predicted octanol–water partition coefficient (Wildman–Crippen LogP) is 0.593. The maximum Gasteiger partial charge on any atom is 0.233 e. The molecular weight excluding hydrogens is 220 g/mol. The van der Waals surface area contributed by atoms with Crippen LogP contribution in [0.2, 0.25) is 0 Å². The maximum absolute atomic E-state index is 11.2. The number of rotatable bonds is 4. The van der Waals surface area contributed by atoms with Crippen molar-refractivity contribution in [2.45, 2.75) is 6.54 Å². The Bertz CT molecular complexity index is 420. The third-order valence-electron chi connectivity index (χ3n) is 2.58. The van der Waals surface area contributed by atoms with Crippen LogP contribution in [0.4, 0.5) is 0 Å². The molecule has 0 saturated carbocycles. The standard InChI is InChI=1S/C12H16N2O3/c1-13-12(15)7-14(2)6-9-3-4-10-11(5-9)17-8-16-10/h3-5H,6-8H2,1-2H3,(H,13,15).